The third-order valence-electron chi connectivity index (χ3n) is 14.7. The highest BCUT2D eigenvalue weighted by Crippen LogP contribution is 2.64. The molecule has 0 bridgehead atoms. The summed E-state index contributed by atoms with van der Waals surface area (Å²) in [5.41, 5.74) is 20.7. The first-order valence-electron chi connectivity index (χ1n) is 21.6. The molecular formula is C59H43NO. The van der Waals surface area contributed by atoms with Gasteiger partial charge in [0.25, 0.3) is 0 Å². The zero-order valence-corrected chi connectivity index (χ0v) is 34.8. The molecule has 1 spiro atoms. The topological polar surface area (TPSA) is 12.5 Å². The predicted octanol–water partition coefficient (Wildman–Crippen LogP) is 15.4. The molecule has 0 saturated heterocycles. The Kier molecular flexibility index (Phi) is 6.81. The maximum atomic E-state index is 6.89. The molecule has 13 rings (SSSR count). The lowest BCUT2D eigenvalue weighted by atomic mass is 9.65. The van der Waals surface area contributed by atoms with Gasteiger partial charge in [0.05, 0.1) is 5.41 Å². The summed E-state index contributed by atoms with van der Waals surface area (Å²) < 4.78 is 6.89. The highest BCUT2D eigenvalue weighted by Gasteiger charge is 2.52. The lowest BCUT2D eigenvalue weighted by Gasteiger charge is -2.40. The van der Waals surface area contributed by atoms with Gasteiger partial charge in [-0.3, -0.25) is 0 Å². The van der Waals surface area contributed by atoms with Crippen molar-refractivity contribution in [1.82, 2.24) is 0 Å². The van der Waals surface area contributed by atoms with Gasteiger partial charge >= 0.3 is 0 Å². The fraction of sp³-hybridized carbons (Fsp3) is 0.119. The fourth-order valence-corrected chi connectivity index (χ4v) is 11.9. The minimum atomic E-state index is -0.623. The highest BCUT2D eigenvalue weighted by atomic mass is 16.5. The van der Waals surface area contributed by atoms with Crippen molar-refractivity contribution in [2.24, 2.45) is 0 Å². The van der Waals surface area contributed by atoms with Gasteiger partial charge in [0, 0.05) is 39.0 Å². The van der Waals surface area contributed by atoms with E-state index in [1.54, 1.807) is 0 Å². The van der Waals surface area contributed by atoms with Crippen molar-refractivity contribution in [2.45, 2.75) is 43.9 Å². The van der Waals surface area contributed by atoms with Crippen LogP contribution < -0.4 is 9.64 Å². The van der Waals surface area contributed by atoms with E-state index < -0.39 is 5.41 Å². The van der Waals surface area contributed by atoms with Crippen LogP contribution in [0.2, 0.25) is 0 Å². The summed E-state index contributed by atoms with van der Waals surface area (Å²) in [7, 11) is 0. The van der Waals surface area contributed by atoms with Crippen LogP contribution in [0, 0.1) is 0 Å². The Bertz CT molecular complexity index is 3260. The van der Waals surface area contributed by atoms with Crippen LogP contribution in [0.25, 0.3) is 44.2 Å². The van der Waals surface area contributed by atoms with Crippen LogP contribution in [0.5, 0.6) is 11.5 Å². The third kappa shape index (κ3) is 4.42. The first kappa shape index (κ1) is 34.7. The average Bonchev–Trinajstić information content (AvgIpc) is 3.80. The lowest BCUT2D eigenvalue weighted by Crippen LogP contribution is -2.32. The van der Waals surface area contributed by atoms with Gasteiger partial charge in [0.1, 0.15) is 11.5 Å². The molecule has 1 unspecified atom stereocenters. The van der Waals surface area contributed by atoms with E-state index >= 15 is 0 Å². The molecular weight excluding hydrogens is 739 g/mol. The van der Waals surface area contributed by atoms with Crippen molar-refractivity contribution in [1.29, 1.82) is 0 Å². The minimum Gasteiger partial charge on any atom is -0.457 e. The minimum absolute atomic E-state index is 0.143. The summed E-state index contributed by atoms with van der Waals surface area (Å²) in [5, 5.41) is 2.41. The molecule has 0 radical (unpaired) electrons. The highest BCUT2D eigenvalue weighted by molar-refractivity contribution is 5.99. The monoisotopic (exact) mass is 781 g/mol. The second-order valence-corrected chi connectivity index (χ2v) is 18.4. The van der Waals surface area contributed by atoms with E-state index in [2.05, 4.69) is 221 Å². The normalized spacial score (nSPS) is 17.3. The van der Waals surface area contributed by atoms with Gasteiger partial charge in [0.15, 0.2) is 0 Å². The van der Waals surface area contributed by atoms with Gasteiger partial charge in [0.2, 0.25) is 0 Å². The van der Waals surface area contributed by atoms with Gasteiger partial charge < -0.3 is 9.64 Å². The number of ether oxygens (including phenoxy) is 1. The summed E-state index contributed by atoms with van der Waals surface area (Å²) in [6.07, 6.45) is 0. The fourth-order valence-electron chi connectivity index (χ4n) is 11.9. The van der Waals surface area contributed by atoms with E-state index in [9.17, 15) is 0 Å². The van der Waals surface area contributed by atoms with Gasteiger partial charge in [-0.15, -0.1) is 0 Å². The average molecular weight is 782 g/mol. The Labute approximate surface area is 357 Å². The quantitative estimate of drug-likeness (QED) is 0.177. The second-order valence-electron chi connectivity index (χ2n) is 18.4. The molecule has 290 valence electrons. The molecule has 0 amide bonds. The van der Waals surface area contributed by atoms with Gasteiger partial charge in [-0.25, -0.2) is 0 Å². The number of anilines is 3. The number of benzene rings is 9. The Morgan fingerprint density at radius 1 is 0.344 bits per heavy atom. The number of fused-ring (bicyclic) bond motifs is 17. The Morgan fingerprint density at radius 2 is 0.787 bits per heavy atom. The van der Waals surface area contributed by atoms with Crippen LogP contribution >= 0.6 is 0 Å². The second kappa shape index (κ2) is 12.0. The molecule has 4 aliphatic rings. The van der Waals surface area contributed by atoms with Gasteiger partial charge in [-0.2, -0.15) is 0 Å². The molecule has 0 fully saturated rings. The first-order valence-corrected chi connectivity index (χ1v) is 21.6. The van der Waals surface area contributed by atoms with Crippen molar-refractivity contribution in [3.63, 3.8) is 0 Å². The molecule has 2 nitrogen and oxygen atoms in total. The molecule has 1 heterocycles. The molecule has 0 saturated carbocycles. The summed E-state index contributed by atoms with van der Waals surface area (Å²) in [6, 6.07) is 70.4. The third-order valence-corrected chi connectivity index (χ3v) is 14.7. The zero-order valence-electron chi connectivity index (χ0n) is 34.8. The number of hydrogen-bond acceptors (Lipinski definition) is 2. The molecule has 0 aromatic heterocycles. The van der Waals surface area contributed by atoms with Crippen molar-refractivity contribution in [2.75, 3.05) is 4.90 Å². The number of hydrogen-bond donors (Lipinski definition) is 0. The number of rotatable bonds is 3. The smallest absolute Gasteiger partial charge is 0.132 e. The molecule has 1 aliphatic heterocycles. The van der Waals surface area contributed by atoms with E-state index in [1.165, 1.54) is 88.7 Å². The first-order chi connectivity index (χ1) is 29.8. The molecule has 61 heavy (non-hydrogen) atoms. The van der Waals surface area contributed by atoms with Crippen LogP contribution in [0.3, 0.4) is 0 Å². The zero-order chi connectivity index (χ0) is 40.8. The summed E-state index contributed by atoms with van der Waals surface area (Å²) in [6.45, 7) is 9.51. The SMILES string of the molecule is CC1(C)c2ccccc2-c2ccc(N(c3ccc4c(c3)C(C)(C)c3ccccc3-4)c3ccc4c(c3)C3(c5ccccc5Oc5ccc6ccccc6c53)c3ccccc3-4)cc21. The standard InChI is InChI=1S/C59H43NO/c1-57(2)47-20-10-7-17-41(47)44-29-26-37(33-51(44)57)60(38-27-30-45-42-18-8-11-21-48(42)58(3,4)52(45)34-38)39-28-31-46-43-19-9-12-22-49(43)59(53(46)35-39)50-23-13-14-24-54(50)61-55-32-25-36-15-5-6-16-40(36)56(55)59/h5-35H,1-4H3. The molecule has 1 atom stereocenters. The van der Waals surface area contributed by atoms with Gasteiger partial charge in [-0.1, -0.05) is 167 Å². The van der Waals surface area contributed by atoms with Crippen LogP contribution in [0.4, 0.5) is 17.1 Å². The Morgan fingerprint density at radius 3 is 1.39 bits per heavy atom. The van der Waals surface area contributed by atoms with Crippen molar-refractivity contribution in [3.8, 4) is 44.9 Å². The molecule has 9 aromatic rings. The summed E-state index contributed by atoms with van der Waals surface area (Å²) in [5.74, 6) is 1.80. The van der Waals surface area contributed by atoms with Crippen LogP contribution in [0.15, 0.2) is 188 Å². The van der Waals surface area contributed by atoms with Crippen molar-refractivity contribution >= 4 is 27.8 Å². The van der Waals surface area contributed by atoms with Crippen molar-refractivity contribution in [3.05, 3.63) is 233 Å². The van der Waals surface area contributed by atoms with E-state index in [0.717, 1.165) is 28.6 Å². The molecule has 9 aromatic carbocycles. The van der Waals surface area contributed by atoms with Crippen LogP contribution in [-0.2, 0) is 16.2 Å². The predicted molar refractivity (Wildman–Crippen MR) is 251 cm³/mol. The maximum Gasteiger partial charge on any atom is 0.132 e. The van der Waals surface area contributed by atoms with E-state index in [4.69, 9.17) is 4.74 Å². The molecule has 2 heteroatoms. The van der Waals surface area contributed by atoms with Gasteiger partial charge in [-0.05, 0) is 126 Å². The lowest BCUT2D eigenvalue weighted by molar-refractivity contribution is 0.438. The van der Waals surface area contributed by atoms with Crippen LogP contribution in [-0.4, -0.2) is 0 Å². The molecule has 0 N–H and O–H groups in total. The largest absolute Gasteiger partial charge is 0.457 e. The number of nitrogens with zero attached hydrogens (tertiary/aromatic N) is 1. The number of para-hydroxylation sites is 1. The Balaban J connectivity index is 1.10. The maximum absolute atomic E-state index is 6.89. The molecule has 3 aliphatic carbocycles. The van der Waals surface area contributed by atoms with E-state index in [0.29, 0.717) is 0 Å². The van der Waals surface area contributed by atoms with E-state index in [1.807, 2.05) is 0 Å². The van der Waals surface area contributed by atoms with E-state index in [-0.39, 0.29) is 10.8 Å². The summed E-state index contributed by atoms with van der Waals surface area (Å²) in [4.78, 5) is 2.52. The summed E-state index contributed by atoms with van der Waals surface area (Å²) >= 11 is 0. The van der Waals surface area contributed by atoms with Crippen LogP contribution in [0.1, 0.15) is 72.2 Å². The Hall–Kier alpha value is -7.16. The van der Waals surface area contributed by atoms with Crippen molar-refractivity contribution < 1.29 is 4.74 Å².